The molecule has 0 spiro atoms. The Labute approximate surface area is 397 Å². The summed E-state index contributed by atoms with van der Waals surface area (Å²) in [5, 5.41) is 49.2. The highest BCUT2D eigenvalue weighted by molar-refractivity contribution is 7.98. The summed E-state index contributed by atoms with van der Waals surface area (Å²) in [7, 11) is 0. The van der Waals surface area contributed by atoms with Crippen LogP contribution in [0.1, 0.15) is 81.8 Å². The van der Waals surface area contributed by atoms with Crippen LogP contribution in [0.5, 0.6) is 0 Å². The highest BCUT2D eigenvalue weighted by atomic mass is 32.2. The van der Waals surface area contributed by atoms with Gasteiger partial charge in [0.25, 0.3) is 0 Å². The smallest absolute Gasteiger partial charge is 0.326 e. The standard InChI is InChI=1S/C46H62N6O15S/c1-68-27-31(44(63)64)24-38(55)36(25-41(59)60)51-43(62)33(47)26-49-42(61)30(21-28-11-4-2-5-12-28)23-37(54)35(22-29-13-6-3-7-14-29)50-39(56)16-9-8-15-32(53)18-19-34(45(65)66)52-46(67)48-20-10-17-40(57)58/h2-7,11-14,30-31,33-36H,8-10,15-27,47H2,1H3,(H,49,61)(H,50,56)(H,51,62)(H,57,58)(H,59,60)(H,63,64)(H,65,66)(H2,48,52,67)/t30-,31?,33+,34+,35+,36+/m1/s1. The van der Waals surface area contributed by atoms with Crippen molar-refractivity contribution in [3.8, 4) is 0 Å². The Kier molecular flexibility index (Phi) is 26.5. The van der Waals surface area contributed by atoms with Gasteiger partial charge in [-0.25, -0.2) is 9.59 Å². The van der Waals surface area contributed by atoms with Gasteiger partial charge in [-0.2, -0.15) is 11.8 Å². The number of carboxylic acids is 4. The number of rotatable bonds is 35. The van der Waals surface area contributed by atoms with E-state index >= 15 is 0 Å². The van der Waals surface area contributed by atoms with E-state index in [1.807, 2.05) is 0 Å². The number of carbonyl (C=O) groups is 11. The van der Waals surface area contributed by atoms with Crippen molar-refractivity contribution in [3.05, 3.63) is 71.8 Å². The minimum absolute atomic E-state index is 0.0111. The van der Waals surface area contributed by atoms with Crippen LogP contribution in [0.2, 0.25) is 0 Å². The monoisotopic (exact) mass is 970 g/mol. The average Bonchev–Trinajstić information content (AvgIpc) is 3.29. The van der Waals surface area contributed by atoms with Crippen molar-refractivity contribution < 1.29 is 73.2 Å². The summed E-state index contributed by atoms with van der Waals surface area (Å²) in [5.74, 6) is -10.9. The summed E-state index contributed by atoms with van der Waals surface area (Å²) in [4.78, 5) is 137. The first-order valence-electron chi connectivity index (χ1n) is 22.0. The van der Waals surface area contributed by atoms with Gasteiger partial charge in [0.05, 0.1) is 24.4 Å². The van der Waals surface area contributed by atoms with Crippen molar-refractivity contribution in [1.29, 1.82) is 0 Å². The first-order chi connectivity index (χ1) is 32.3. The molecule has 0 aliphatic rings. The molecule has 0 aromatic heterocycles. The number of benzene rings is 2. The van der Waals surface area contributed by atoms with Crippen molar-refractivity contribution in [2.75, 3.05) is 25.1 Å². The van der Waals surface area contributed by atoms with Crippen LogP contribution >= 0.6 is 11.8 Å². The topological polar surface area (TPSA) is 355 Å². The number of thioether (sulfide) groups is 1. The van der Waals surface area contributed by atoms with Gasteiger partial charge in [-0.3, -0.25) is 43.2 Å². The molecular weight excluding hydrogens is 909 g/mol. The van der Waals surface area contributed by atoms with Gasteiger partial charge in [0.15, 0.2) is 11.6 Å². The van der Waals surface area contributed by atoms with Gasteiger partial charge < -0.3 is 52.7 Å². The van der Waals surface area contributed by atoms with E-state index in [4.69, 9.17) is 10.8 Å². The fraction of sp³-hybridized carbons (Fsp3) is 0.500. The fourth-order valence-electron chi connectivity index (χ4n) is 6.80. The zero-order valence-corrected chi connectivity index (χ0v) is 38.6. The number of nitrogens with two attached hydrogens (primary N) is 1. The molecule has 2 rings (SSSR count). The third-order valence-corrected chi connectivity index (χ3v) is 11.2. The molecule has 6 atom stereocenters. The normalized spacial score (nSPS) is 13.5. The van der Waals surface area contributed by atoms with Gasteiger partial charge in [-0.15, -0.1) is 0 Å². The molecule has 0 saturated heterocycles. The van der Waals surface area contributed by atoms with Crippen LogP contribution < -0.4 is 32.3 Å². The van der Waals surface area contributed by atoms with E-state index in [2.05, 4.69) is 26.6 Å². The van der Waals surface area contributed by atoms with Crippen LogP contribution in [0.4, 0.5) is 4.79 Å². The lowest BCUT2D eigenvalue weighted by molar-refractivity contribution is -0.144. The van der Waals surface area contributed by atoms with E-state index in [0.29, 0.717) is 11.1 Å². The van der Waals surface area contributed by atoms with Crippen LogP contribution in [-0.2, 0) is 60.8 Å². The number of Topliss-reactive ketones (excluding diaryl/α,β-unsaturated/α-hetero) is 3. The number of carboxylic acid groups (broad SMARTS) is 4. The molecule has 0 bridgehead atoms. The average molecular weight is 971 g/mol. The maximum absolute atomic E-state index is 14.1. The Hall–Kier alpha value is -6.68. The van der Waals surface area contributed by atoms with Crippen molar-refractivity contribution in [2.45, 2.75) is 108 Å². The highest BCUT2D eigenvalue weighted by Gasteiger charge is 2.32. The van der Waals surface area contributed by atoms with Crippen molar-refractivity contribution in [3.63, 3.8) is 0 Å². The van der Waals surface area contributed by atoms with Gasteiger partial charge in [0.2, 0.25) is 17.7 Å². The van der Waals surface area contributed by atoms with Gasteiger partial charge in [0.1, 0.15) is 17.9 Å². The number of nitrogens with one attached hydrogen (secondary N) is 5. The number of aliphatic carboxylic acids is 4. The lowest BCUT2D eigenvalue weighted by Crippen LogP contribution is -2.53. The zero-order chi connectivity index (χ0) is 50.6. The molecule has 68 heavy (non-hydrogen) atoms. The first-order valence-corrected chi connectivity index (χ1v) is 23.4. The van der Waals surface area contributed by atoms with Gasteiger partial charge in [-0.1, -0.05) is 60.7 Å². The van der Waals surface area contributed by atoms with Crippen LogP contribution in [-0.4, -0.2) is 135 Å². The number of hydrogen-bond acceptors (Lipinski definition) is 13. The highest BCUT2D eigenvalue weighted by Crippen LogP contribution is 2.18. The van der Waals surface area contributed by atoms with Gasteiger partial charge >= 0.3 is 29.9 Å². The Balaban J connectivity index is 2.08. The predicted octanol–water partition coefficient (Wildman–Crippen LogP) is 1.48. The van der Waals surface area contributed by atoms with Gasteiger partial charge in [0, 0.05) is 63.3 Å². The summed E-state index contributed by atoms with van der Waals surface area (Å²) in [6.07, 6.45) is 0.102. The molecule has 5 amide bonds. The Morgan fingerprint density at radius 2 is 1.16 bits per heavy atom. The van der Waals surface area contributed by atoms with E-state index < -0.39 is 115 Å². The molecule has 0 saturated carbocycles. The van der Waals surface area contributed by atoms with Crippen LogP contribution in [0.15, 0.2) is 60.7 Å². The summed E-state index contributed by atoms with van der Waals surface area (Å²) in [6, 6.07) is 11.2. The quantitative estimate of drug-likeness (QED) is 0.0437. The predicted molar refractivity (Wildman–Crippen MR) is 247 cm³/mol. The lowest BCUT2D eigenvalue weighted by atomic mass is 9.89. The molecule has 2 aromatic carbocycles. The second-order valence-electron chi connectivity index (χ2n) is 16.1. The van der Waals surface area contributed by atoms with Crippen molar-refractivity contribution in [2.24, 2.45) is 17.6 Å². The number of carbonyl (C=O) groups excluding carboxylic acids is 7. The molecule has 0 heterocycles. The van der Waals surface area contributed by atoms with Crippen LogP contribution in [0.25, 0.3) is 0 Å². The SMILES string of the molecule is CSCC(CC(=O)[C@H](CC(=O)O)NC(=O)[C@@H](N)CNC(=O)[C@@H](CC(=O)[C@H](Cc1ccccc1)NC(=O)CCCCC(=O)CC[C@H](NC(=O)NCCCC(=O)O)C(=O)O)Cc1ccccc1)C(=O)O. The van der Waals surface area contributed by atoms with E-state index in [1.54, 1.807) is 66.9 Å². The molecule has 11 N–H and O–H groups in total. The molecular formula is C46H62N6O15S. The minimum Gasteiger partial charge on any atom is -0.481 e. The van der Waals surface area contributed by atoms with E-state index in [0.717, 1.165) is 0 Å². The summed E-state index contributed by atoms with van der Waals surface area (Å²) < 4.78 is 0. The van der Waals surface area contributed by atoms with Crippen molar-refractivity contribution in [1.82, 2.24) is 26.6 Å². The van der Waals surface area contributed by atoms with Crippen LogP contribution in [0, 0.1) is 11.8 Å². The first kappa shape index (κ1) is 57.4. The third-order valence-electron chi connectivity index (χ3n) is 10.5. The Morgan fingerprint density at radius 3 is 1.74 bits per heavy atom. The van der Waals surface area contributed by atoms with Gasteiger partial charge in [-0.05, 0) is 55.9 Å². The van der Waals surface area contributed by atoms with Crippen LogP contribution in [0.3, 0.4) is 0 Å². The molecule has 1 unspecified atom stereocenters. The summed E-state index contributed by atoms with van der Waals surface area (Å²) in [6.45, 7) is -0.474. The molecule has 0 fully saturated rings. The lowest BCUT2D eigenvalue weighted by Gasteiger charge is -2.23. The third kappa shape index (κ3) is 23.7. The number of ketones is 3. The number of urea groups is 1. The van der Waals surface area contributed by atoms with E-state index in [1.165, 1.54) is 11.8 Å². The minimum atomic E-state index is -1.59. The Bertz CT molecular complexity index is 2040. The molecule has 0 aliphatic carbocycles. The molecule has 22 heteroatoms. The summed E-state index contributed by atoms with van der Waals surface area (Å²) in [5.41, 5.74) is 7.47. The molecule has 2 aromatic rings. The van der Waals surface area contributed by atoms with E-state index in [9.17, 15) is 68.1 Å². The number of amides is 5. The second-order valence-corrected chi connectivity index (χ2v) is 17.0. The van der Waals surface area contributed by atoms with E-state index in [-0.39, 0.29) is 88.7 Å². The fourth-order valence-corrected chi connectivity index (χ4v) is 7.46. The molecule has 372 valence electrons. The molecule has 21 nitrogen and oxygen atoms in total. The van der Waals surface area contributed by atoms with Crippen molar-refractivity contribution >= 4 is 76.7 Å². The largest absolute Gasteiger partial charge is 0.481 e. The molecule has 0 radical (unpaired) electrons. The number of unbranched alkanes of at least 4 members (excludes halogenated alkanes) is 1. The molecule has 0 aliphatic heterocycles. The Morgan fingerprint density at radius 1 is 0.574 bits per heavy atom. The second kappa shape index (κ2) is 31.3. The zero-order valence-electron chi connectivity index (χ0n) is 37.8. The maximum atomic E-state index is 14.1. The maximum Gasteiger partial charge on any atom is 0.326 e. The number of hydrogen-bond donors (Lipinski definition) is 10. The summed E-state index contributed by atoms with van der Waals surface area (Å²) >= 11 is 1.18.